The molecule has 0 heterocycles. The van der Waals surface area contributed by atoms with Crippen LogP contribution in [0.3, 0.4) is 0 Å². The minimum Gasteiger partial charge on any atom is -0.373 e. The van der Waals surface area contributed by atoms with Crippen LogP contribution in [-0.4, -0.2) is 26.0 Å². The summed E-state index contributed by atoms with van der Waals surface area (Å²) in [5.74, 6) is -0.103. The van der Waals surface area contributed by atoms with Gasteiger partial charge in [-0.25, -0.2) is 0 Å². The van der Waals surface area contributed by atoms with E-state index in [0.717, 1.165) is 12.2 Å². The third-order valence-electron chi connectivity index (χ3n) is 3.02. The van der Waals surface area contributed by atoms with Gasteiger partial charge in [0.15, 0.2) is 0 Å². The number of nitrogens with zero attached hydrogens (tertiary/aromatic N) is 1. The Hall–Kier alpha value is -2.00. The number of anilines is 1. The molecule has 2 aromatic carbocycles. The molecule has 0 bridgehead atoms. The molecule has 0 aliphatic rings. The summed E-state index contributed by atoms with van der Waals surface area (Å²) in [7, 11) is 2.00. The molecular weight excluding hydrogens is 272 g/mol. The maximum atomic E-state index is 11.9. The fraction of sp³-hybridized carbons (Fsp3) is 0.188. The molecule has 0 unspecified atom stereocenters. The van der Waals surface area contributed by atoms with E-state index < -0.39 is 0 Å². The van der Waals surface area contributed by atoms with Crippen molar-refractivity contribution in [2.24, 2.45) is 0 Å². The molecule has 1 N–H and O–H groups in total. The second-order valence-electron chi connectivity index (χ2n) is 4.52. The molecular formula is C16H17ClN2O. The van der Waals surface area contributed by atoms with Gasteiger partial charge in [-0.1, -0.05) is 35.9 Å². The van der Waals surface area contributed by atoms with E-state index in [1.807, 2.05) is 37.4 Å². The molecule has 0 atom stereocenters. The van der Waals surface area contributed by atoms with Gasteiger partial charge in [0.25, 0.3) is 5.91 Å². The fourth-order valence-electron chi connectivity index (χ4n) is 1.88. The lowest BCUT2D eigenvalue weighted by Gasteiger charge is -2.19. The Morgan fingerprint density at radius 2 is 1.90 bits per heavy atom. The van der Waals surface area contributed by atoms with E-state index in [4.69, 9.17) is 11.6 Å². The maximum Gasteiger partial charge on any atom is 0.251 e. The number of hydrogen-bond acceptors (Lipinski definition) is 2. The Labute approximate surface area is 124 Å². The quantitative estimate of drug-likeness (QED) is 0.916. The van der Waals surface area contributed by atoms with Gasteiger partial charge in [0.2, 0.25) is 0 Å². The molecule has 0 fully saturated rings. The van der Waals surface area contributed by atoms with E-state index >= 15 is 0 Å². The van der Waals surface area contributed by atoms with E-state index in [2.05, 4.69) is 10.2 Å². The smallest absolute Gasteiger partial charge is 0.251 e. The second kappa shape index (κ2) is 6.96. The number of para-hydroxylation sites is 1. The zero-order valence-corrected chi connectivity index (χ0v) is 12.1. The summed E-state index contributed by atoms with van der Waals surface area (Å²) in [5.41, 5.74) is 1.71. The number of hydrogen-bond donors (Lipinski definition) is 1. The summed E-state index contributed by atoms with van der Waals surface area (Å²) < 4.78 is 0. The van der Waals surface area contributed by atoms with Crippen molar-refractivity contribution in [3.63, 3.8) is 0 Å². The summed E-state index contributed by atoms with van der Waals surface area (Å²) >= 11 is 5.87. The van der Waals surface area contributed by atoms with Gasteiger partial charge >= 0.3 is 0 Å². The molecule has 104 valence electrons. The standard InChI is InChI=1S/C16H17ClN2O/c1-19(15-8-3-2-4-9-15)11-10-18-16(20)13-6-5-7-14(17)12-13/h2-9,12H,10-11H2,1H3,(H,18,20). The van der Waals surface area contributed by atoms with E-state index in [1.165, 1.54) is 0 Å². The highest BCUT2D eigenvalue weighted by Gasteiger charge is 2.06. The number of halogens is 1. The first-order valence-electron chi connectivity index (χ1n) is 6.47. The molecule has 2 aromatic rings. The summed E-state index contributed by atoms with van der Waals surface area (Å²) in [5, 5.41) is 3.46. The summed E-state index contributed by atoms with van der Waals surface area (Å²) in [6, 6.07) is 17.0. The van der Waals surface area contributed by atoms with Crippen LogP contribution < -0.4 is 10.2 Å². The van der Waals surface area contributed by atoms with Gasteiger partial charge in [0, 0.05) is 36.4 Å². The highest BCUT2D eigenvalue weighted by atomic mass is 35.5. The zero-order valence-electron chi connectivity index (χ0n) is 11.3. The lowest BCUT2D eigenvalue weighted by Crippen LogP contribution is -2.32. The molecule has 3 nitrogen and oxygen atoms in total. The topological polar surface area (TPSA) is 32.3 Å². The molecule has 0 spiro atoms. The molecule has 0 aliphatic heterocycles. The summed E-state index contributed by atoms with van der Waals surface area (Å²) in [4.78, 5) is 14.0. The van der Waals surface area contributed by atoms with Crippen molar-refractivity contribution in [3.8, 4) is 0 Å². The van der Waals surface area contributed by atoms with Gasteiger partial charge in [-0.15, -0.1) is 0 Å². The van der Waals surface area contributed by atoms with Gasteiger partial charge in [0.1, 0.15) is 0 Å². The van der Waals surface area contributed by atoms with Crippen LogP contribution >= 0.6 is 11.6 Å². The van der Waals surface area contributed by atoms with Crippen LogP contribution in [0.1, 0.15) is 10.4 Å². The van der Waals surface area contributed by atoms with E-state index in [-0.39, 0.29) is 5.91 Å². The first kappa shape index (κ1) is 14.4. The van der Waals surface area contributed by atoms with Crippen molar-refractivity contribution in [2.75, 3.05) is 25.0 Å². The Morgan fingerprint density at radius 1 is 1.15 bits per heavy atom. The number of carbonyl (C=O) groups excluding carboxylic acids is 1. The second-order valence-corrected chi connectivity index (χ2v) is 4.96. The first-order valence-corrected chi connectivity index (χ1v) is 6.84. The Bertz CT molecular complexity index is 572. The van der Waals surface area contributed by atoms with Crippen LogP contribution in [0.5, 0.6) is 0 Å². The van der Waals surface area contributed by atoms with Crippen molar-refractivity contribution in [1.29, 1.82) is 0 Å². The van der Waals surface area contributed by atoms with Crippen molar-refractivity contribution in [3.05, 3.63) is 65.2 Å². The molecule has 20 heavy (non-hydrogen) atoms. The van der Waals surface area contributed by atoms with Crippen molar-refractivity contribution in [1.82, 2.24) is 5.32 Å². The first-order chi connectivity index (χ1) is 9.66. The van der Waals surface area contributed by atoms with Gasteiger partial charge in [-0.2, -0.15) is 0 Å². The van der Waals surface area contributed by atoms with Crippen LogP contribution in [-0.2, 0) is 0 Å². The predicted molar refractivity (Wildman–Crippen MR) is 83.5 cm³/mol. The SMILES string of the molecule is CN(CCNC(=O)c1cccc(Cl)c1)c1ccccc1. The number of nitrogens with one attached hydrogen (secondary N) is 1. The number of benzene rings is 2. The van der Waals surface area contributed by atoms with Crippen LogP contribution in [0.4, 0.5) is 5.69 Å². The summed E-state index contributed by atoms with van der Waals surface area (Å²) in [6.45, 7) is 1.33. The normalized spacial score (nSPS) is 10.1. The van der Waals surface area contributed by atoms with Crippen LogP contribution in [0.15, 0.2) is 54.6 Å². The monoisotopic (exact) mass is 288 g/mol. The van der Waals surface area contributed by atoms with Gasteiger partial charge < -0.3 is 10.2 Å². The number of rotatable bonds is 5. The molecule has 0 saturated carbocycles. The van der Waals surface area contributed by atoms with Gasteiger partial charge in [0.05, 0.1) is 0 Å². The Morgan fingerprint density at radius 3 is 2.60 bits per heavy atom. The van der Waals surface area contributed by atoms with Crippen LogP contribution in [0, 0.1) is 0 Å². The van der Waals surface area contributed by atoms with E-state index in [1.54, 1.807) is 24.3 Å². The highest BCUT2D eigenvalue weighted by molar-refractivity contribution is 6.30. The van der Waals surface area contributed by atoms with Crippen LogP contribution in [0.2, 0.25) is 5.02 Å². The molecule has 2 rings (SSSR count). The fourth-order valence-corrected chi connectivity index (χ4v) is 2.07. The molecule has 0 aromatic heterocycles. The molecule has 0 saturated heterocycles. The van der Waals surface area contributed by atoms with Crippen molar-refractivity contribution >= 4 is 23.2 Å². The molecule has 0 radical (unpaired) electrons. The minimum absolute atomic E-state index is 0.103. The molecule has 4 heteroatoms. The lowest BCUT2D eigenvalue weighted by atomic mass is 10.2. The third-order valence-corrected chi connectivity index (χ3v) is 3.25. The number of likely N-dealkylation sites (N-methyl/N-ethyl adjacent to an activating group) is 1. The van der Waals surface area contributed by atoms with E-state index in [9.17, 15) is 4.79 Å². The number of amides is 1. The van der Waals surface area contributed by atoms with Gasteiger partial charge in [-0.3, -0.25) is 4.79 Å². The third kappa shape index (κ3) is 4.00. The van der Waals surface area contributed by atoms with E-state index in [0.29, 0.717) is 17.1 Å². The minimum atomic E-state index is -0.103. The van der Waals surface area contributed by atoms with Gasteiger partial charge in [-0.05, 0) is 30.3 Å². The summed E-state index contributed by atoms with van der Waals surface area (Å²) in [6.07, 6.45) is 0. The van der Waals surface area contributed by atoms with Crippen LogP contribution in [0.25, 0.3) is 0 Å². The largest absolute Gasteiger partial charge is 0.373 e. The molecule has 0 aliphatic carbocycles. The zero-order chi connectivity index (χ0) is 14.4. The lowest BCUT2D eigenvalue weighted by molar-refractivity contribution is 0.0954. The molecule has 1 amide bonds. The predicted octanol–water partition coefficient (Wildman–Crippen LogP) is 3.21. The van der Waals surface area contributed by atoms with Crippen molar-refractivity contribution in [2.45, 2.75) is 0 Å². The average Bonchev–Trinajstić information content (AvgIpc) is 2.48. The number of carbonyl (C=O) groups is 1. The van der Waals surface area contributed by atoms with Crippen molar-refractivity contribution < 1.29 is 4.79 Å². The highest BCUT2D eigenvalue weighted by Crippen LogP contribution is 2.11. The maximum absolute atomic E-state index is 11.9. The average molecular weight is 289 g/mol. The Balaban J connectivity index is 1.83. The Kier molecular flexibility index (Phi) is 5.02.